The quantitative estimate of drug-likeness (QED) is 0.791. The Morgan fingerprint density at radius 1 is 1.00 bits per heavy atom. The lowest BCUT2D eigenvalue weighted by molar-refractivity contribution is 0.0446. The van der Waals surface area contributed by atoms with Crippen molar-refractivity contribution in [3.8, 4) is 17.2 Å². The van der Waals surface area contributed by atoms with Crippen molar-refractivity contribution in [2.75, 3.05) is 46.1 Å². The Morgan fingerprint density at radius 3 is 2.61 bits per heavy atom. The number of β-amino-alcohol motifs (C(OH)–C–C–N with tert-alkyl or cyclic N) is 1. The van der Waals surface area contributed by atoms with E-state index in [2.05, 4.69) is 21.9 Å². The molecule has 2 heterocycles. The van der Waals surface area contributed by atoms with E-state index in [0.717, 1.165) is 55.5 Å². The maximum Gasteiger partial charge on any atom is 0.231 e. The van der Waals surface area contributed by atoms with Crippen LogP contribution in [0.1, 0.15) is 11.1 Å². The molecule has 0 spiro atoms. The van der Waals surface area contributed by atoms with Crippen LogP contribution in [-0.2, 0) is 6.54 Å². The molecule has 1 N–H and O–H groups in total. The van der Waals surface area contributed by atoms with Gasteiger partial charge in [-0.1, -0.05) is 18.2 Å². The number of hydrogen-bond donors (Lipinski definition) is 1. The largest absolute Gasteiger partial charge is 0.491 e. The molecule has 0 aliphatic carbocycles. The van der Waals surface area contributed by atoms with E-state index in [4.69, 9.17) is 14.2 Å². The van der Waals surface area contributed by atoms with Gasteiger partial charge in [0.25, 0.3) is 0 Å². The molecule has 2 aliphatic rings. The summed E-state index contributed by atoms with van der Waals surface area (Å²) in [4.78, 5) is 4.74. The van der Waals surface area contributed by atoms with E-state index >= 15 is 0 Å². The molecular weight excluding hydrogens is 356 g/mol. The number of aliphatic hydroxyl groups excluding tert-OH is 1. The molecule has 0 unspecified atom stereocenters. The van der Waals surface area contributed by atoms with E-state index in [1.54, 1.807) is 0 Å². The van der Waals surface area contributed by atoms with E-state index < -0.39 is 6.10 Å². The average Bonchev–Trinajstić information content (AvgIpc) is 3.16. The fourth-order valence-electron chi connectivity index (χ4n) is 3.68. The number of fused-ring (bicyclic) bond motifs is 1. The first-order valence-electron chi connectivity index (χ1n) is 9.86. The van der Waals surface area contributed by atoms with Crippen LogP contribution < -0.4 is 14.2 Å². The number of aliphatic hydroxyl groups is 1. The van der Waals surface area contributed by atoms with Gasteiger partial charge in [-0.3, -0.25) is 9.80 Å². The summed E-state index contributed by atoms with van der Waals surface area (Å²) < 4.78 is 16.6. The highest BCUT2D eigenvalue weighted by molar-refractivity contribution is 5.44. The molecule has 150 valence electrons. The second-order valence-corrected chi connectivity index (χ2v) is 7.55. The molecule has 1 saturated heterocycles. The first kappa shape index (κ1) is 19.1. The van der Waals surface area contributed by atoms with Crippen molar-refractivity contribution in [1.82, 2.24) is 9.80 Å². The summed E-state index contributed by atoms with van der Waals surface area (Å²) in [5.41, 5.74) is 2.40. The topological polar surface area (TPSA) is 54.4 Å². The zero-order chi connectivity index (χ0) is 19.3. The van der Waals surface area contributed by atoms with E-state index in [9.17, 15) is 5.11 Å². The summed E-state index contributed by atoms with van der Waals surface area (Å²) in [6.45, 7) is 8.09. The van der Waals surface area contributed by atoms with Crippen molar-refractivity contribution in [3.63, 3.8) is 0 Å². The fraction of sp³-hybridized carbons (Fsp3) is 0.455. The predicted octanol–water partition coefficient (Wildman–Crippen LogP) is 2.28. The molecule has 4 rings (SSSR count). The lowest BCUT2D eigenvalue weighted by Gasteiger charge is -2.35. The molecule has 0 radical (unpaired) electrons. The minimum Gasteiger partial charge on any atom is -0.491 e. The van der Waals surface area contributed by atoms with Gasteiger partial charge in [-0.15, -0.1) is 0 Å². The predicted molar refractivity (Wildman–Crippen MR) is 107 cm³/mol. The van der Waals surface area contributed by atoms with Crippen LogP contribution in [0.2, 0.25) is 0 Å². The third-order valence-corrected chi connectivity index (χ3v) is 5.21. The van der Waals surface area contributed by atoms with Gasteiger partial charge >= 0.3 is 0 Å². The maximum atomic E-state index is 10.3. The van der Waals surface area contributed by atoms with Crippen molar-refractivity contribution >= 4 is 0 Å². The lowest BCUT2D eigenvalue weighted by Crippen LogP contribution is -2.48. The highest BCUT2D eigenvalue weighted by Crippen LogP contribution is 2.32. The third kappa shape index (κ3) is 4.95. The first-order valence-corrected chi connectivity index (χ1v) is 9.86. The molecular formula is C22H28N2O4. The number of ether oxygens (including phenoxy) is 3. The number of aryl methyl sites for hydroxylation is 1. The monoisotopic (exact) mass is 384 g/mol. The van der Waals surface area contributed by atoms with Crippen LogP contribution in [0.25, 0.3) is 0 Å². The summed E-state index contributed by atoms with van der Waals surface area (Å²) in [5, 5.41) is 10.3. The molecule has 1 fully saturated rings. The summed E-state index contributed by atoms with van der Waals surface area (Å²) in [6.07, 6.45) is -0.485. The van der Waals surface area contributed by atoms with Gasteiger partial charge in [0.05, 0.1) is 0 Å². The Balaban J connectivity index is 1.18. The first-order chi connectivity index (χ1) is 13.7. The van der Waals surface area contributed by atoms with Gasteiger partial charge in [-0.25, -0.2) is 0 Å². The Labute approximate surface area is 166 Å². The fourth-order valence-corrected chi connectivity index (χ4v) is 3.68. The highest BCUT2D eigenvalue weighted by atomic mass is 16.7. The Morgan fingerprint density at radius 2 is 1.79 bits per heavy atom. The molecule has 2 aromatic rings. The van der Waals surface area contributed by atoms with Gasteiger partial charge in [0.15, 0.2) is 11.5 Å². The van der Waals surface area contributed by atoms with Gasteiger partial charge in [0.2, 0.25) is 6.79 Å². The molecule has 0 aromatic heterocycles. The SMILES string of the molecule is Cc1cccc(OC[C@@H](O)CN2CCN(Cc3ccc4c(c3)OCO4)CC2)c1. The lowest BCUT2D eigenvalue weighted by atomic mass is 10.1. The summed E-state index contributed by atoms with van der Waals surface area (Å²) in [6, 6.07) is 14.1. The summed E-state index contributed by atoms with van der Waals surface area (Å²) in [7, 11) is 0. The number of piperazine rings is 1. The minimum atomic E-state index is -0.485. The number of benzene rings is 2. The van der Waals surface area contributed by atoms with E-state index in [1.165, 1.54) is 5.56 Å². The molecule has 28 heavy (non-hydrogen) atoms. The van der Waals surface area contributed by atoms with Crippen molar-refractivity contribution in [2.24, 2.45) is 0 Å². The Hall–Kier alpha value is -2.28. The van der Waals surface area contributed by atoms with Gasteiger partial charge < -0.3 is 19.3 Å². The maximum absolute atomic E-state index is 10.3. The number of hydrogen-bond acceptors (Lipinski definition) is 6. The van der Waals surface area contributed by atoms with Crippen LogP contribution >= 0.6 is 0 Å². The van der Waals surface area contributed by atoms with Gasteiger partial charge in [0.1, 0.15) is 18.5 Å². The summed E-state index contributed by atoms with van der Waals surface area (Å²) in [5.74, 6) is 2.48. The van der Waals surface area contributed by atoms with Crippen molar-refractivity contribution < 1.29 is 19.3 Å². The molecule has 0 bridgehead atoms. The minimum absolute atomic E-state index is 0.313. The van der Waals surface area contributed by atoms with Crippen LogP contribution in [0.15, 0.2) is 42.5 Å². The third-order valence-electron chi connectivity index (χ3n) is 5.21. The van der Waals surface area contributed by atoms with Gasteiger partial charge in [-0.2, -0.15) is 0 Å². The molecule has 6 nitrogen and oxygen atoms in total. The summed E-state index contributed by atoms with van der Waals surface area (Å²) >= 11 is 0. The van der Waals surface area contributed by atoms with Crippen LogP contribution in [-0.4, -0.2) is 67.1 Å². The molecule has 6 heteroatoms. The van der Waals surface area contributed by atoms with Crippen molar-refractivity contribution in [1.29, 1.82) is 0 Å². The molecule has 2 aliphatic heterocycles. The van der Waals surface area contributed by atoms with Crippen molar-refractivity contribution in [2.45, 2.75) is 19.6 Å². The van der Waals surface area contributed by atoms with E-state index in [1.807, 2.05) is 37.3 Å². The number of rotatable bonds is 7. The van der Waals surface area contributed by atoms with Gasteiger partial charge in [-0.05, 0) is 42.3 Å². The van der Waals surface area contributed by atoms with Crippen LogP contribution in [0, 0.1) is 6.92 Å². The smallest absolute Gasteiger partial charge is 0.231 e. The molecule has 0 saturated carbocycles. The normalized spacial score (nSPS) is 18.2. The van der Waals surface area contributed by atoms with E-state index in [-0.39, 0.29) is 0 Å². The zero-order valence-corrected chi connectivity index (χ0v) is 16.3. The average molecular weight is 384 g/mol. The highest BCUT2D eigenvalue weighted by Gasteiger charge is 2.20. The second kappa shape index (κ2) is 8.82. The number of nitrogens with zero attached hydrogens (tertiary/aromatic N) is 2. The van der Waals surface area contributed by atoms with Crippen LogP contribution in [0.4, 0.5) is 0 Å². The van der Waals surface area contributed by atoms with E-state index in [0.29, 0.717) is 19.9 Å². The molecule has 0 amide bonds. The Kier molecular flexibility index (Phi) is 6.00. The standard InChI is InChI=1S/C22H28N2O4/c1-17-3-2-4-20(11-17)26-15-19(25)14-24-9-7-23(8-10-24)13-18-5-6-21-22(12-18)28-16-27-21/h2-6,11-12,19,25H,7-10,13-16H2,1H3/t19-/m0/s1. The Bertz CT molecular complexity index is 790. The molecule has 2 aromatic carbocycles. The second-order valence-electron chi connectivity index (χ2n) is 7.55. The van der Waals surface area contributed by atoms with Gasteiger partial charge in [0, 0.05) is 39.3 Å². The zero-order valence-electron chi connectivity index (χ0n) is 16.3. The van der Waals surface area contributed by atoms with Crippen molar-refractivity contribution in [3.05, 3.63) is 53.6 Å². The van der Waals surface area contributed by atoms with Crippen LogP contribution in [0.5, 0.6) is 17.2 Å². The molecule has 1 atom stereocenters. The van der Waals surface area contributed by atoms with Crippen LogP contribution in [0.3, 0.4) is 0 Å².